The van der Waals surface area contributed by atoms with Crippen molar-refractivity contribution in [2.45, 2.75) is 25.8 Å². The number of thiophene rings is 1. The summed E-state index contributed by atoms with van der Waals surface area (Å²) in [6, 6.07) is 16.1. The molecule has 0 radical (unpaired) electrons. The van der Waals surface area contributed by atoms with Gasteiger partial charge < -0.3 is 20.1 Å². The van der Waals surface area contributed by atoms with E-state index in [-0.39, 0.29) is 17.6 Å². The van der Waals surface area contributed by atoms with E-state index in [2.05, 4.69) is 50.7 Å². The number of aliphatic carboxylic acids is 2. The van der Waals surface area contributed by atoms with Gasteiger partial charge in [-0.25, -0.2) is 9.59 Å². The van der Waals surface area contributed by atoms with Gasteiger partial charge in [-0.2, -0.15) is 10.2 Å². The lowest BCUT2D eigenvalue weighted by molar-refractivity contribution is -0.134. The maximum atomic E-state index is 12.3. The monoisotopic (exact) mass is 537 g/mol. The normalized spacial score (nSPS) is 13.9. The van der Waals surface area contributed by atoms with Gasteiger partial charge in [0.25, 0.3) is 17.6 Å². The lowest BCUT2D eigenvalue weighted by Crippen LogP contribution is -2.35. The Kier molecular flexibility index (Phi) is 10.7. The Morgan fingerprint density at radius 3 is 2.39 bits per heavy atom. The summed E-state index contributed by atoms with van der Waals surface area (Å²) in [6.45, 7) is 3.79. The molecule has 3 heterocycles. The van der Waals surface area contributed by atoms with Crippen molar-refractivity contribution in [3.63, 3.8) is 0 Å². The van der Waals surface area contributed by atoms with Crippen LogP contribution in [0.4, 0.5) is 0 Å². The van der Waals surface area contributed by atoms with Crippen LogP contribution in [0.1, 0.15) is 40.3 Å². The molecule has 0 unspecified atom stereocenters. The number of nitrogens with zero attached hydrogens (tertiary/aromatic N) is 4. The first kappa shape index (κ1) is 28.2. The molecule has 3 N–H and O–H groups in total. The number of piperidine rings is 1. The van der Waals surface area contributed by atoms with Crippen molar-refractivity contribution in [2.75, 3.05) is 19.6 Å². The average molecular weight is 538 g/mol. The zero-order valence-corrected chi connectivity index (χ0v) is 21.3. The topological polar surface area (TPSA) is 170 Å². The second-order valence-electron chi connectivity index (χ2n) is 8.46. The van der Waals surface area contributed by atoms with Crippen molar-refractivity contribution in [3.8, 4) is 16.8 Å². The fraction of sp³-hybridized carbons (Fsp3) is 0.308. The van der Waals surface area contributed by atoms with Gasteiger partial charge in [-0.05, 0) is 56.0 Å². The molecular formula is C26H27N5O6S. The van der Waals surface area contributed by atoms with E-state index < -0.39 is 11.9 Å². The van der Waals surface area contributed by atoms with E-state index in [0.29, 0.717) is 34.4 Å². The van der Waals surface area contributed by atoms with Gasteiger partial charge in [0.2, 0.25) is 0 Å². The van der Waals surface area contributed by atoms with Crippen molar-refractivity contribution in [1.82, 2.24) is 20.4 Å². The Morgan fingerprint density at radius 1 is 1.11 bits per heavy atom. The largest absolute Gasteiger partial charge is 0.478 e. The van der Waals surface area contributed by atoms with E-state index in [4.69, 9.17) is 20.0 Å². The Hall–Kier alpha value is -4.34. The third-order valence-corrected chi connectivity index (χ3v) is 6.70. The molecule has 198 valence electrons. The van der Waals surface area contributed by atoms with Crippen LogP contribution in [0.25, 0.3) is 10.8 Å². The molecule has 1 aliphatic heterocycles. The Balaban J connectivity index is 0.000000436. The molecule has 4 rings (SSSR count). The summed E-state index contributed by atoms with van der Waals surface area (Å²) < 4.78 is 5.16. The predicted molar refractivity (Wildman–Crippen MR) is 138 cm³/mol. The van der Waals surface area contributed by atoms with Gasteiger partial charge in [-0.15, -0.1) is 11.3 Å². The van der Waals surface area contributed by atoms with Crippen LogP contribution in [0, 0.1) is 17.2 Å². The standard InChI is InChI=1S/C22H23N5O2S.C4H4O4/c23-14-18-6-7-19(30-18)22-25-20(26-29-22)21(28)24-11-8-16-9-12-27(13-10-16)15-17-4-2-1-3-5-17;5-3(6)1-2-4(7)8/h1-7,16H,8-13,15H2,(H,24,28);1-2H,(H,5,6)(H,7,8)/b;2-1+. The van der Waals surface area contributed by atoms with Gasteiger partial charge in [-0.3, -0.25) is 9.69 Å². The molecular weight excluding hydrogens is 510 g/mol. The molecule has 3 aromatic rings. The Morgan fingerprint density at radius 2 is 1.79 bits per heavy atom. The van der Waals surface area contributed by atoms with E-state index in [0.717, 1.165) is 38.9 Å². The van der Waals surface area contributed by atoms with E-state index >= 15 is 0 Å². The highest BCUT2D eigenvalue weighted by molar-refractivity contribution is 7.15. The summed E-state index contributed by atoms with van der Waals surface area (Å²) >= 11 is 1.26. The first-order valence-corrected chi connectivity index (χ1v) is 12.7. The summed E-state index contributed by atoms with van der Waals surface area (Å²) in [5.74, 6) is -1.94. The first-order valence-electron chi connectivity index (χ1n) is 11.9. The molecule has 1 fully saturated rings. The highest BCUT2D eigenvalue weighted by atomic mass is 32.1. The molecule has 11 nitrogen and oxygen atoms in total. The van der Waals surface area contributed by atoms with E-state index in [1.165, 1.54) is 16.9 Å². The molecule has 1 aromatic carbocycles. The fourth-order valence-corrected chi connectivity index (χ4v) is 4.54. The van der Waals surface area contributed by atoms with E-state index in [1.54, 1.807) is 12.1 Å². The molecule has 0 bridgehead atoms. The molecule has 0 aliphatic carbocycles. The second-order valence-corrected chi connectivity index (χ2v) is 9.54. The minimum absolute atomic E-state index is 0.0228. The third kappa shape index (κ3) is 9.27. The highest BCUT2D eigenvalue weighted by Gasteiger charge is 2.20. The summed E-state index contributed by atoms with van der Waals surface area (Å²) in [5.41, 5.74) is 1.36. The van der Waals surface area contributed by atoms with Gasteiger partial charge in [0.1, 0.15) is 10.9 Å². The fourth-order valence-electron chi connectivity index (χ4n) is 3.82. The SMILES string of the molecule is N#Cc1ccc(-c2nc(C(=O)NCCC3CCN(Cc4ccccc4)CC3)no2)s1.O=C(O)/C=C/C(=O)O. The smallest absolute Gasteiger partial charge is 0.328 e. The number of hydrogen-bond donors (Lipinski definition) is 3. The van der Waals surface area contributed by atoms with Crippen LogP contribution >= 0.6 is 11.3 Å². The quantitative estimate of drug-likeness (QED) is 0.344. The molecule has 38 heavy (non-hydrogen) atoms. The highest BCUT2D eigenvalue weighted by Crippen LogP contribution is 2.26. The molecule has 0 spiro atoms. The van der Waals surface area contributed by atoms with Crippen LogP contribution < -0.4 is 5.32 Å². The minimum atomic E-state index is -1.26. The molecule has 2 aromatic heterocycles. The number of nitrogens with one attached hydrogen (secondary N) is 1. The number of carbonyl (C=O) groups excluding carboxylic acids is 1. The number of nitriles is 1. The zero-order valence-electron chi connectivity index (χ0n) is 20.4. The number of rotatable bonds is 9. The first-order chi connectivity index (χ1) is 18.3. The lowest BCUT2D eigenvalue weighted by Gasteiger charge is -2.32. The Labute approximate surface area is 223 Å². The summed E-state index contributed by atoms with van der Waals surface area (Å²) in [5, 5.41) is 31.2. The van der Waals surface area contributed by atoms with Crippen LogP contribution in [-0.2, 0) is 16.1 Å². The maximum Gasteiger partial charge on any atom is 0.328 e. The van der Waals surface area contributed by atoms with Gasteiger partial charge in [0.05, 0.1) is 4.88 Å². The summed E-state index contributed by atoms with van der Waals surface area (Å²) in [4.78, 5) is 39.3. The number of likely N-dealkylation sites (tertiary alicyclic amines) is 1. The number of hydrogen-bond acceptors (Lipinski definition) is 9. The van der Waals surface area contributed by atoms with Crippen molar-refractivity contribution in [1.29, 1.82) is 5.26 Å². The number of carbonyl (C=O) groups is 3. The van der Waals surface area contributed by atoms with Crippen molar-refractivity contribution in [3.05, 3.63) is 70.9 Å². The van der Waals surface area contributed by atoms with Gasteiger partial charge in [-0.1, -0.05) is 35.5 Å². The number of benzene rings is 1. The van der Waals surface area contributed by atoms with Gasteiger partial charge in [0, 0.05) is 25.2 Å². The third-order valence-electron chi connectivity index (χ3n) is 5.72. The van der Waals surface area contributed by atoms with E-state index in [9.17, 15) is 14.4 Å². The van der Waals surface area contributed by atoms with Crippen LogP contribution in [0.3, 0.4) is 0 Å². The second kappa shape index (κ2) is 14.4. The number of carboxylic acids is 2. The van der Waals surface area contributed by atoms with E-state index in [1.807, 2.05) is 6.07 Å². The number of aromatic nitrogens is 2. The van der Waals surface area contributed by atoms with Gasteiger partial charge >= 0.3 is 11.9 Å². The lowest BCUT2D eigenvalue weighted by atomic mass is 9.93. The Bertz CT molecular complexity index is 1270. The molecule has 0 atom stereocenters. The number of carboxylic acid groups (broad SMARTS) is 2. The number of amides is 1. The summed E-state index contributed by atoms with van der Waals surface area (Å²) in [7, 11) is 0. The molecule has 1 amide bonds. The maximum absolute atomic E-state index is 12.3. The van der Waals surface area contributed by atoms with Crippen molar-refractivity contribution < 1.29 is 29.1 Å². The van der Waals surface area contributed by atoms with Crippen LogP contribution in [0.15, 0.2) is 59.1 Å². The van der Waals surface area contributed by atoms with Crippen molar-refractivity contribution in [2.24, 2.45) is 5.92 Å². The van der Waals surface area contributed by atoms with Gasteiger partial charge in [0.15, 0.2) is 0 Å². The van der Waals surface area contributed by atoms with Crippen LogP contribution in [0.2, 0.25) is 0 Å². The molecule has 1 aliphatic rings. The summed E-state index contributed by atoms with van der Waals surface area (Å²) in [6.07, 6.45) is 4.36. The van der Waals surface area contributed by atoms with Crippen LogP contribution in [0.5, 0.6) is 0 Å². The van der Waals surface area contributed by atoms with Crippen molar-refractivity contribution >= 4 is 29.2 Å². The molecule has 1 saturated heterocycles. The van der Waals surface area contributed by atoms with Crippen LogP contribution in [-0.4, -0.2) is 62.7 Å². The minimum Gasteiger partial charge on any atom is -0.478 e. The zero-order chi connectivity index (χ0) is 27.3. The average Bonchev–Trinajstić information content (AvgIpc) is 3.59. The predicted octanol–water partition coefficient (Wildman–Crippen LogP) is 3.41. The molecule has 0 saturated carbocycles. The molecule has 12 heteroatoms.